The standard InChI is InChI=1S/C24H30N8O3/c1-30-16-7-9-20-17(14-16)22(28-31(20)2)23(34)25-10-4-12-32(11-3-5-21(30)33)24(35)15-6-8-18-19(13-15)27-29-26-18/h6,8,13,16H,3-5,7,9-12,14H2,1-2H3,(H,25,34)(H,26,27,29). The van der Waals surface area contributed by atoms with Gasteiger partial charge in [0, 0.05) is 63.0 Å². The number of carbonyl (C=O) groups is 3. The summed E-state index contributed by atoms with van der Waals surface area (Å²) in [5.74, 6) is -0.279. The minimum atomic E-state index is -0.208. The number of aryl methyl sites for hydroxylation is 1. The van der Waals surface area contributed by atoms with Crippen LogP contribution in [0.4, 0.5) is 0 Å². The normalized spacial score (nSPS) is 19.9. The number of rotatable bonds is 1. The molecule has 0 radical (unpaired) electrons. The molecule has 35 heavy (non-hydrogen) atoms. The number of amides is 3. The summed E-state index contributed by atoms with van der Waals surface area (Å²) >= 11 is 0. The Labute approximate surface area is 202 Å². The third-order valence-corrected chi connectivity index (χ3v) is 7.14. The van der Waals surface area contributed by atoms with Crippen LogP contribution in [0.15, 0.2) is 18.2 Å². The summed E-state index contributed by atoms with van der Waals surface area (Å²) in [6.45, 7) is 1.35. The van der Waals surface area contributed by atoms with E-state index in [2.05, 4.69) is 25.8 Å². The van der Waals surface area contributed by atoms with Gasteiger partial charge in [0.2, 0.25) is 5.91 Å². The molecule has 5 rings (SSSR count). The summed E-state index contributed by atoms with van der Waals surface area (Å²) in [6, 6.07) is 5.25. The Morgan fingerprint density at radius 2 is 1.86 bits per heavy atom. The van der Waals surface area contributed by atoms with Gasteiger partial charge in [0.15, 0.2) is 5.69 Å². The highest BCUT2D eigenvalue weighted by Crippen LogP contribution is 2.27. The van der Waals surface area contributed by atoms with Crippen LogP contribution in [0.3, 0.4) is 0 Å². The second-order valence-electron chi connectivity index (χ2n) is 9.33. The summed E-state index contributed by atoms with van der Waals surface area (Å²) in [5, 5.41) is 18.1. The molecule has 1 aliphatic carbocycles. The minimum Gasteiger partial charge on any atom is -0.351 e. The zero-order valence-electron chi connectivity index (χ0n) is 20.1. The van der Waals surface area contributed by atoms with Gasteiger partial charge in [0.1, 0.15) is 11.0 Å². The quantitative estimate of drug-likeness (QED) is 0.538. The first-order chi connectivity index (χ1) is 16.9. The number of likely N-dealkylation sites (N-methyl/N-ethyl adjacent to an activating group) is 1. The van der Waals surface area contributed by atoms with Crippen molar-refractivity contribution in [2.24, 2.45) is 7.05 Å². The van der Waals surface area contributed by atoms with Crippen molar-refractivity contribution in [1.82, 2.24) is 40.3 Å². The lowest BCUT2D eigenvalue weighted by Gasteiger charge is -2.32. The van der Waals surface area contributed by atoms with E-state index in [4.69, 9.17) is 0 Å². The van der Waals surface area contributed by atoms with E-state index in [1.807, 2.05) is 19.0 Å². The van der Waals surface area contributed by atoms with Crippen molar-refractivity contribution in [3.05, 3.63) is 40.7 Å². The predicted octanol–water partition coefficient (Wildman–Crippen LogP) is 1.06. The molecule has 3 amide bonds. The number of aromatic amines is 1. The van der Waals surface area contributed by atoms with Gasteiger partial charge >= 0.3 is 0 Å². The summed E-state index contributed by atoms with van der Waals surface area (Å²) in [7, 11) is 3.70. The minimum absolute atomic E-state index is 0.0304. The summed E-state index contributed by atoms with van der Waals surface area (Å²) < 4.78 is 1.79. The van der Waals surface area contributed by atoms with E-state index in [0.717, 1.165) is 24.1 Å². The molecule has 11 heteroatoms. The van der Waals surface area contributed by atoms with E-state index in [1.54, 1.807) is 27.8 Å². The maximum absolute atomic E-state index is 13.3. The second-order valence-corrected chi connectivity index (χ2v) is 9.33. The van der Waals surface area contributed by atoms with Crippen molar-refractivity contribution in [2.75, 3.05) is 26.7 Å². The molecule has 1 aromatic carbocycles. The number of nitrogens with one attached hydrogen (secondary N) is 2. The van der Waals surface area contributed by atoms with Gasteiger partial charge in [-0.15, -0.1) is 0 Å². The summed E-state index contributed by atoms with van der Waals surface area (Å²) in [6.07, 6.45) is 3.78. The zero-order valence-corrected chi connectivity index (χ0v) is 20.1. The molecule has 0 saturated heterocycles. The Morgan fingerprint density at radius 3 is 2.71 bits per heavy atom. The second kappa shape index (κ2) is 9.47. The van der Waals surface area contributed by atoms with Crippen LogP contribution >= 0.6 is 0 Å². The number of H-pyrrole nitrogens is 1. The first-order valence-electron chi connectivity index (χ1n) is 12.1. The van der Waals surface area contributed by atoms with E-state index >= 15 is 0 Å². The van der Waals surface area contributed by atoms with Crippen LogP contribution in [0.1, 0.15) is 57.8 Å². The molecule has 1 aliphatic heterocycles. The third-order valence-electron chi connectivity index (χ3n) is 7.14. The van der Waals surface area contributed by atoms with Crippen molar-refractivity contribution in [3.8, 4) is 0 Å². The fraction of sp³-hybridized carbons (Fsp3) is 0.500. The number of benzene rings is 1. The molecule has 0 saturated carbocycles. The Kier molecular flexibility index (Phi) is 6.23. The highest BCUT2D eigenvalue weighted by molar-refractivity contribution is 5.97. The van der Waals surface area contributed by atoms with Crippen LogP contribution in [0.2, 0.25) is 0 Å². The van der Waals surface area contributed by atoms with Crippen molar-refractivity contribution in [1.29, 1.82) is 0 Å². The number of aromatic nitrogens is 5. The molecule has 2 aliphatic rings. The molecule has 1 atom stereocenters. The molecular formula is C24H30N8O3. The Morgan fingerprint density at radius 1 is 1.06 bits per heavy atom. The molecule has 2 aromatic heterocycles. The predicted molar refractivity (Wildman–Crippen MR) is 128 cm³/mol. The average Bonchev–Trinajstić information content (AvgIpc) is 3.47. The van der Waals surface area contributed by atoms with Crippen molar-refractivity contribution in [3.63, 3.8) is 0 Å². The highest BCUT2D eigenvalue weighted by atomic mass is 16.2. The van der Waals surface area contributed by atoms with Gasteiger partial charge in [-0.05, 0) is 50.3 Å². The van der Waals surface area contributed by atoms with Gasteiger partial charge in [0.25, 0.3) is 11.8 Å². The van der Waals surface area contributed by atoms with Crippen LogP contribution in [0, 0.1) is 0 Å². The highest BCUT2D eigenvalue weighted by Gasteiger charge is 2.31. The van der Waals surface area contributed by atoms with Gasteiger partial charge in [0.05, 0.1) is 0 Å². The molecule has 0 spiro atoms. The molecule has 11 nitrogen and oxygen atoms in total. The van der Waals surface area contributed by atoms with E-state index < -0.39 is 0 Å². The lowest BCUT2D eigenvalue weighted by Crippen LogP contribution is -2.41. The van der Waals surface area contributed by atoms with Crippen LogP contribution in [-0.2, 0) is 24.7 Å². The molecule has 184 valence electrons. The number of nitrogens with zero attached hydrogens (tertiary/aromatic N) is 6. The summed E-state index contributed by atoms with van der Waals surface area (Å²) in [4.78, 5) is 42.8. The first kappa shape index (κ1) is 23.0. The Hall–Kier alpha value is -3.76. The molecular weight excluding hydrogens is 448 g/mol. The van der Waals surface area contributed by atoms with Gasteiger partial charge in [-0.3, -0.25) is 19.1 Å². The topological polar surface area (TPSA) is 129 Å². The number of fused-ring (bicyclic) bond motifs is 2. The van der Waals surface area contributed by atoms with Gasteiger partial charge < -0.3 is 15.1 Å². The molecule has 2 bridgehead atoms. The lowest BCUT2D eigenvalue weighted by molar-refractivity contribution is -0.132. The molecule has 3 aromatic rings. The van der Waals surface area contributed by atoms with Crippen molar-refractivity contribution < 1.29 is 14.4 Å². The average molecular weight is 479 g/mol. The lowest BCUT2D eigenvalue weighted by atomic mass is 9.90. The smallest absolute Gasteiger partial charge is 0.272 e. The fourth-order valence-electron chi connectivity index (χ4n) is 5.11. The van der Waals surface area contributed by atoms with Gasteiger partial charge in [-0.25, -0.2) is 0 Å². The number of carbonyl (C=O) groups excluding carboxylic acids is 3. The third kappa shape index (κ3) is 4.50. The van der Waals surface area contributed by atoms with Crippen molar-refractivity contribution >= 4 is 28.8 Å². The maximum Gasteiger partial charge on any atom is 0.272 e. The SMILES string of the molecule is CN1C(=O)CCCN(C(=O)c2ccc3n[nH]nc3c2)CCCNC(=O)c2nn(C)c3c2CC1CC3. The first-order valence-corrected chi connectivity index (χ1v) is 12.1. The fourth-order valence-corrected chi connectivity index (χ4v) is 5.11. The molecule has 1 unspecified atom stereocenters. The monoisotopic (exact) mass is 478 g/mol. The van der Waals surface area contributed by atoms with Crippen LogP contribution in [0.25, 0.3) is 11.0 Å². The molecule has 2 N–H and O–H groups in total. The van der Waals surface area contributed by atoms with Crippen molar-refractivity contribution in [2.45, 2.75) is 44.6 Å². The van der Waals surface area contributed by atoms with Gasteiger partial charge in [-0.1, -0.05) is 0 Å². The van der Waals surface area contributed by atoms with E-state index in [-0.39, 0.29) is 23.8 Å². The van der Waals surface area contributed by atoms with Crippen LogP contribution in [0.5, 0.6) is 0 Å². The molecule has 3 heterocycles. The Balaban J connectivity index is 1.36. The number of hydrogen-bond acceptors (Lipinski definition) is 6. The summed E-state index contributed by atoms with van der Waals surface area (Å²) in [5.41, 5.74) is 4.29. The maximum atomic E-state index is 13.3. The van der Waals surface area contributed by atoms with Crippen LogP contribution in [-0.4, -0.2) is 85.4 Å². The van der Waals surface area contributed by atoms with E-state index in [1.165, 1.54) is 0 Å². The van der Waals surface area contributed by atoms with Gasteiger partial charge in [-0.2, -0.15) is 20.5 Å². The zero-order chi connectivity index (χ0) is 24.5. The van der Waals surface area contributed by atoms with E-state index in [9.17, 15) is 14.4 Å². The number of hydrogen-bond donors (Lipinski definition) is 2. The van der Waals surface area contributed by atoms with Crippen LogP contribution < -0.4 is 5.32 Å². The van der Waals surface area contributed by atoms with E-state index in [0.29, 0.717) is 67.6 Å². The Bertz CT molecular complexity index is 1280. The molecule has 0 fully saturated rings. The largest absolute Gasteiger partial charge is 0.351 e.